The van der Waals surface area contributed by atoms with E-state index < -0.39 is 5.60 Å². The minimum absolute atomic E-state index is 0.247. The molecule has 1 aliphatic heterocycles. The fourth-order valence-corrected chi connectivity index (χ4v) is 2.74. The molecule has 1 saturated heterocycles. The molecule has 0 aromatic heterocycles. The van der Waals surface area contributed by atoms with E-state index in [4.69, 9.17) is 4.74 Å². The van der Waals surface area contributed by atoms with E-state index in [2.05, 4.69) is 28.1 Å². The molecule has 1 amide bonds. The van der Waals surface area contributed by atoms with E-state index in [-0.39, 0.29) is 6.09 Å². The third-order valence-corrected chi connectivity index (χ3v) is 3.70. The third kappa shape index (κ3) is 4.88. The van der Waals surface area contributed by atoms with E-state index in [9.17, 15) is 4.79 Å². The highest BCUT2D eigenvalue weighted by molar-refractivity contribution is 9.10. The van der Waals surface area contributed by atoms with Crippen LogP contribution in [0.1, 0.15) is 45.6 Å². The summed E-state index contributed by atoms with van der Waals surface area (Å²) in [7, 11) is 0. The Labute approximate surface area is 135 Å². The molecule has 0 N–H and O–H groups in total. The van der Waals surface area contributed by atoms with Gasteiger partial charge in [0.2, 0.25) is 0 Å². The molecule has 0 unspecified atom stereocenters. The van der Waals surface area contributed by atoms with E-state index in [0.29, 0.717) is 0 Å². The molecule has 21 heavy (non-hydrogen) atoms. The molecular weight excluding hydrogens is 330 g/mol. The van der Waals surface area contributed by atoms with Crippen molar-refractivity contribution < 1.29 is 9.53 Å². The van der Waals surface area contributed by atoms with Crippen LogP contribution >= 0.6 is 15.9 Å². The molecule has 0 saturated carbocycles. The fourth-order valence-electron chi connectivity index (χ4n) is 2.32. The highest BCUT2D eigenvalue weighted by Crippen LogP contribution is 2.26. The number of allylic oxidation sites excluding steroid dienone is 1. The van der Waals surface area contributed by atoms with Crippen LogP contribution in [0, 0.1) is 0 Å². The number of hydrogen-bond donors (Lipinski definition) is 0. The molecule has 4 heteroatoms. The summed E-state index contributed by atoms with van der Waals surface area (Å²) in [4.78, 5) is 14.1. The lowest BCUT2D eigenvalue weighted by Gasteiger charge is -2.32. The molecule has 1 aromatic carbocycles. The van der Waals surface area contributed by atoms with Gasteiger partial charge in [0.25, 0.3) is 0 Å². The maximum absolute atomic E-state index is 12.3. The predicted molar refractivity (Wildman–Crippen MR) is 88.9 cm³/mol. The summed E-state index contributed by atoms with van der Waals surface area (Å²) in [6.07, 6.45) is 4.87. The lowest BCUT2D eigenvalue weighted by atomic mass is 10.0. The highest BCUT2D eigenvalue weighted by atomic mass is 79.9. The number of carbonyl (C=O) groups is 1. The standard InChI is InChI=1S/C17H22BrNO2/c1-17(2,3)21-16(20)19-10-5-4-9-15(19)12-13-7-6-8-14(18)11-13/h6-8,11-12H,4-5,9-10H2,1-3H3. The Balaban J connectivity index is 2.21. The maximum Gasteiger partial charge on any atom is 0.414 e. The van der Waals surface area contributed by atoms with Crippen LogP contribution in [0.4, 0.5) is 4.79 Å². The molecule has 0 spiro atoms. The second kappa shape index (κ2) is 6.65. The molecule has 1 aromatic rings. The molecule has 114 valence electrons. The van der Waals surface area contributed by atoms with Gasteiger partial charge in [-0.2, -0.15) is 0 Å². The Morgan fingerprint density at radius 3 is 2.76 bits per heavy atom. The van der Waals surface area contributed by atoms with Crippen LogP contribution in [-0.4, -0.2) is 23.1 Å². The fraction of sp³-hybridized carbons (Fsp3) is 0.471. The second-order valence-electron chi connectivity index (χ2n) is 6.28. The van der Waals surface area contributed by atoms with Gasteiger partial charge in [0, 0.05) is 16.7 Å². The van der Waals surface area contributed by atoms with Crippen molar-refractivity contribution >= 4 is 28.1 Å². The van der Waals surface area contributed by atoms with E-state index in [1.165, 1.54) is 0 Å². The summed E-state index contributed by atoms with van der Waals surface area (Å²) in [5.41, 5.74) is 1.67. The van der Waals surface area contributed by atoms with Gasteiger partial charge in [-0.25, -0.2) is 4.79 Å². The molecule has 0 bridgehead atoms. The van der Waals surface area contributed by atoms with Crippen LogP contribution in [0.25, 0.3) is 6.08 Å². The number of likely N-dealkylation sites (tertiary alicyclic amines) is 1. The van der Waals surface area contributed by atoms with Gasteiger partial charge in [-0.3, -0.25) is 4.90 Å². The summed E-state index contributed by atoms with van der Waals surface area (Å²) in [5, 5.41) is 0. The topological polar surface area (TPSA) is 29.5 Å². The Hall–Kier alpha value is -1.29. The van der Waals surface area contributed by atoms with Crippen molar-refractivity contribution in [2.24, 2.45) is 0 Å². The second-order valence-corrected chi connectivity index (χ2v) is 7.20. The number of carbonyl (C=O) groups excluding carboxylic acids is 1. The zero-order chi connectivity index (χ0) is 15.5. The molecule has 1 fully saturated rings. The van der Waals surface area contributed by atoms with Gasteiger partial charge in [-0.05, 0) is 63.8 Å². The van der Waals surface area contributed by atoms with Crippen LogP contribution in [-0.2, 0) is 4.74 Å². The number of nitrogens with zero attached hydrogens (tertiary/aromatic N) is 1. The summed E-state index contributed by atoms with van der Waals surface area (Å²) >= 11 is 3.48. The van der Waals surface area contributed by atoms with Gasteiger partial charge in [0.1, 0.15) is 5.60 Å². The summed E-state index contributed by atoms with van der Waals surface area (Å²) < 4.78 is 6.54. The lowest BCUT2D eigenvalue weighted by Crippen LogP contribution is -2.38. The molecule has 3 nitrogen and oxygen atoms in total. The number of halogens is 1. The Kier molecular flexibility index (Phi) is 5.09. The van der Waals surface area contributed by atoms with Crippen molar-refractivity contribution in [1.29, 1.82) is 0 Å². The van der Waals surface area contributed by atoms with Crippen LogP contribution < -0.4 is 0 Å². The van der Waals surface area contributed by atoms with E-state index >= 15 is 0 Å². The highest BCUT2D eigenvalue weighted by Gasteiger charge is 2.26. The van der Waals surface area contributed by atoms with Gasteiger partial charge in [0.05, 0.1) is 0 Å². The Morgan fingerprint density at radius 2 is 2.10 bits per heavy atom. The number of amides is 1. The molecule has 0 atom stereocenters. The SMILES string of the molecule is CC(C)(C)OC(=O)N1CCCCC1=Cc1cccc(Br)c1. The number of benzene rings is 1. The minimum Gasteiger partial charge on any atom is -0.443 e. The van der Waals surface area contributed by atoms with Gasteiger partial charge in [-0.15, -0.1) is 0 Å². The summed E-state index contributed by atoms with van der Waals surface area (Å²) in [6, 6.07) is 8.08. The largest absolute Gasteiger partial charge is 0.443 e. The summed E-state index contributed by atoms with van der Waals surface area (Å²) in [6.45, 7) is 6.42. The monoisotopic (exact) mass is 351 g/mol. The first-order valence-electron chi connectivity index (χ1n) is 7.32. The quantitative estimate of drug-likeness (QED) is 0.694. The van der Waals surface area contributed by atoms with Crippen molar-refractivity contribution in [1.82, 2.24) is 4.90 Å². The Morgan fingerprint density at radius 1 is 1.33 bits per heavy atom. The van der Waals surface area contributed by atoms with E-state index in [0.717, 1.165) is 41.5 Å². The molecule has 2 rings (SSSR count). The van der Waals surface area contributed by atoms with Crippen LogP contribution in [0.5, 0.6) is 0 Å². The number of ether oxygens (including phenoxy) is 1. The normalized spacial score (nSPS) is 17.9. The first kappa shape index (κ1) is 16.1. The first-order valence-corrected chi connectivity index (χ1v) is 8.11. The minimum atomic E-state index is -0.463. The van der Waals surface area contributed by atoms with E-state index in [1.54, 1.807) is 4.90 Å². The zero-order valence-corrected chi connectivity index (χ0v) is 14.4. The molecule has 1 heterocycles. The number of rotatable bonds is 1. The van der Waals surface area contributed by atoms with Crippen molar-refractivity contribution in [2.45, 2.75) is 45.6 Å². The smallest absolute Gasteiger partial charge is 0.414 e. The zero-order valence-electron chi connectivity index (χ0n) is 12.9. The van der Waals surface area contributed by atoms with Crippen molar-refractivity contribution in [3.05, 3.63) is 40.0 Å². The van der Waals surface area contributed by atoms with Crippen LogP contribution in [0.3, 0.4) is 0 Å². The van der Waals surface area contributed by atoms with Crippen molar-refractivity contribution in [3.63, 3.8) is 0 Å². The van der Waals surface area contributed by atoms with Gasteiger partial charge in [0.15, 0.2) is 0 Å². The van der Waals surface area contributed by atoms with Crippen LogP contribution in [0.2, 0.25) is 0 Å². The average Bonchev–Trinajstić information content (AvgIpc) is 2.37. The lowest BCUT2D eigenvalue weighted by molar-refractivity contribution is 0.0289. The predicted octanol–water partition coefficient (Wildman–Crippen LogP) is 5.21. The molecular formula is C17H22BrNO2. The summed E-state index contributed by atoms with van der Waals surface area (Å²) in [5.74, 6) is 0. The van der Waals surface area contributed by atoms with Gasteiger partial charge in [-0.1, -0.05) is 28.1 Å². The van der Waals surface area contributed by atoms with Crippen LogP contribution in [0.15, 0.2) is 34.4 Å². The number of piperidine rings is 1. The van der Waals surface area contributed by atoms with E-state index in [1.807, 2.05) is 39.0 Å². The van der Waals surface area contributed by atoms with Crippen molar-refractivity contribution in [2.75, 3.05) is 6.54 Å². The first-order chi connectivity index (χ1) is 9.85. The molecule has 0 aliphatic carbocycles. The molecule has 0 radical (unpaired) electrons. The Bertz CT molecular complexity index is 546. The number of hydrogen-bond acceptors (Lipinski definition) is 2. The van der Waals surface area contributed by atoms with Gasteiger partial charge < -0.3 is 4.74 Å². The van der Waals surface area contributed by atoms with Gasteiger partial charge >= 0.3 is 6.09 Å². The maximum atomic E-state index is 12.3. The average molecular weight is 352 g/mol. The van der Waals surface area contributed by atoms with Crippen molar-refractivity contribution in [3.8, 4) is 0 Å². The third-order valence-electron chi connectivity index (χ3n) is 3.21. The molecule has 1 aliphatic rings.